The summed E-state index contributed by atoms with van der Waals surface area (Å²) < 4.78 is 5.24. The highest BCUT2D eigenvalue weighted by Crippen LogP contribution is 2.30. The molecule has 0 bridgehead atoms. The highest BCUT2D eigenvalue weighted by molar-refractivity contribution is 6.04. The molecule has 31 heavy (non-hydrogen) atoms. The average Bonchev–Trinajstić information content (AvgIpc) is 3.30. The number of nitrogens with zero attached hydrogens (tertiary/aromatic N) is 6. The van der Waals surface area contributed by atoms with E-state index >= 15 is 0 Å². The standard InChI is InChI=1S/C23H23N7O/c1-5-29-13-20(14(2)27-29)30-22-17-10-15(16-7-9-21(24-3)26-11-16)6-8-18(17)25-12-19(22)28(4)23(30)31/h6-13H,5H2,1-4H3,(H,24,26). The number of aryl methyl sites for hydroxylation is 3. The molecule has 8 heteroatoms. The summed E-state index contributed by atoms with van der Waals surface area (Å²) >= 11 is 0. The van der Waals surface area contributed by atoms with Crippen LogP contribution in [0.4, 0.5) is 5.82 Å². The molecule has 4 aromatic heterocycles. The number of fused-ring (bicyclic) bond motifs is 3. The maximum atomic E-state index is 13.3. The Bertz CT molecular complexity index is 1490. The third-order valence-corrected chi connectivity index (χ3v) is 5.72. The molecule has 0 atom stereocenters. The van der Waals surface area contributed by atoms with Gasteiger partial charge in [0.1, 0.15) is 5.82 Å². The van der Waals surface area contributed by atoms with Gasteiger partial charge in [-0.2, -0.15) is 5.10 Å². The molecule has 0 fully saturated rings. The van der Waals surface area contributed by atoms with E-state index in [1.54, 1.807) is 22.4 Å². The van der Waals surface area contributed by atoms with Crippen molar-refractivity contribution in [3.8, 4) is 16.8 Å². The minimum atomic E-state index is -0.117. The fourth-order valence-corrected chi connectivity index (χ4v) is 4.00. The smallest absolute Gasteiger partial charge is 0.333 e. The molecule has 0 unspecified atom stereocenters. The van der Waals surface area contributed by atoms with Crippen LogP contribution in [0.2, 0.25) is 0 Å². The Morgan fingerprint density at radius 3 is 2.55 bits per heavy atom. The van der Waals surface area contributed by atoms with Crippen molar-refractivity contribution >= 4 is 27.8 Å². The van der Waals surface area contributed by atoms with Crippen molar-refractivity contribution in [2.24, 2.45) is 7.05 Å². The number of rotatable bonds is 4. The monoisotopic (exact) mass is 413 g/mol. The molecule has 0 saturated heterocycles. The van der Waals surface area contributed by atoms with Gasteiger partial charge in [-0.1, -0.05) is 6.07 Å². The topological polar surface area (TPSA) is 82.6 Å². The predicted octanol–water partition coefficient (Wildman–Crippen LogP) is 3.51. The molecule has 1 aromatic carbocycles. The van der Waals surface area contributed by atoms with Crippen molar-refractivity contribution in [2.45, 2.75) is 20.4 Å². The van der Waals surface area contributed by atoms with Gasteiger partial charge in [0.15, 0.2) is 0 Å². The summed E-state index contributed by atoms with van der Waals surface area (Å²) in [6.07, 6.45) is 5.53. The van der Waals surface area contributed by atoms with Crippen LogP contribution >= 0.6 is 0 Å². The quantitative estimate of drug-likeness (QED) is 0.488. The van der Waals surface area contributed by atoms with Crippen molar-refractivity contribution in [1.82, 2.24) is 28.9 Å². The lowest BCUT2D eigenvalue weighted by Gasteiger charge is -2.08. The maximum absolute atomic E-state index is 13.3. The zero-order valence-corrected chi connectivity index (χ0v) is 17.9. The lowest BCUT2D eigenvalue weighted by Crippen LogP contribution is -2.21. The van der Waals surface area contributed by atoms with Gasteiger partial charge in [-0.15, -0.1) is 0 Å². The fraction of sp³-hybridized carbons (Fsp3) is 0.217. The molecular formula is C23H23N7O. The Morgan fingerprint density at radius 2 is 1.87 bits per heavy atom. The fourth-order valence-electron chi connectivity index (χ4n) is 4.00. The van der Waals surface area contributed by atoms with Crippen LogP contribution in [0.3, 0.4) is 0 Å². The maximum Gasteiger partial charge on any atom is 0.333 e. The van der Waals surface area contributed by atoms with Crippen LogP contribution in [0.15, 0.2) is 53.7 Å². The number of imidazole rings is 1. The van der Waals surface area contributed by atoms with Gasteiger partial charge in [-0.3, -0.25) is 18.8 Å². The number of pyridine rings is 2. The van der Waals surface area contributed by atoms with Crippen LogP contribution in [0.25, 0.3) is 38.8 Å². The Morgan fingerprint density at radius 1 is 1.06 bits per heavy atom. The molecule has 0 saturated carbocycles. The van der Waals surface area contributed by atoms with E-state index in [4.69, 9.17) is 0 Å². The third-order valence-electron chi connectivity index (χ3n) is 5.72. The molecule has 0 radical (unpaired) electrons. The molecule has 0 aliphatic carbocycles. The van der Waals surface area contributed by atoms with Crippen molar-refractivity contribution < 1.29 is 0 Å². The SMILES string of the molecule is CCn1cc(-n2c(=O)n(C)c3cnc4ccc(-c5ccc(NC)nc5)cc4c32)c(C)n1. The number of nitrogens with one attached hydrogen (secondary N) is 1. The molecule has 0 amide bonds. The van der Waals surface area contributed by atoms with Crippen LogP contribution in [0.5, 0.6) is 0 Å². The number of aromatic nitrogens is 6. The minimum Gasteiger partial charge on any atom is -0.373 e. The molecule has 0 aliphatic rings. The molecule has 0 spiro atoms. The molecule has 5 aromatic rings. The zero-order chi connectivity index (χ0) is 21.7. The predicted molar refractivity (Wildman–Crippen MR) is 123 cm³/mol. The summed E-state index contributed by atoms with van der Waals surface area (Å²) in [5.74, 6) is 0.814. The minimum absolute atomic E-state index is 0.117. The lowest BCUT2D eigenvalue weighted by atomic mass is 10.0. The Hall–Kier alpha value is -3.94. The van der Waals surface area contributed by atoms with Crippen molar-refractivity contribution in [3.05, 3.63) is 65.1 Å². The number of hydrogen-bond acceptors (Lipinski definition) is 5. The van der Waals surface area contributed by atoms with Crippen LogP contribution in [0.1, 0.15) is 12.6 Å². The van der Waals surface area contributed by atoms with E-state index in [1.807, 2.05) is 62.2 Å². The van der Waals surface area contributed by atoms with E-state index < -0.39 is 0 Å². The highest BCUT2D eigenvalue weighted by atomic mass is 16.1. The van der Waals surface area contributed by atoms with Crippen molar-refractivity contribution in [3.63, 3.8) is 0 Å². The molecule has 4 heterocycles. The van der Waals surface area contributed by atoms with Crippen molar-refractivity contribution in [2.75, 3.05) is 12.4 Å². The first kappa shape index (κ1) is 19.0. The van der Waals surface area contributed by atoms with E-state index in [2.05, 4.69) is 26.4 Å². The summed E-state index contributed by atoms with van der Waals surface area (Å²) in [6, 6.07) is 10.1. The van der Waals surface area contributed by atoms with Gasteiger partial charge in [-0.05, 0) is 43.7 Å². The van der Waals surface area contributed by atoms with Crippen molar-refractivity contribution in [1.29, 1.82) is 0 Å². The highest BCUT2D eigenvalue weighted by Gasteiger charge is 2.19. The van der Waals surface area contributed by atoms with Crippen LogP contribution < -0.4 is 11.0 Å². The van der Waals surface area contributed by atoms with Gasteiger partial charge in [0.25, 0.3) is 0 Å². The second-order valence-corrected chi connectivity index (χ2v) is 7.54. The molecule has 8 nitrogen and oxygen atoms in total. The summed E-state index contributed by atoms with van der Waals surface area (Å²) in [4.78, 5) is 22.3. The first-order valence-corrected chi connectivity index (χ1v) is 10.2. The second-order valence-electron chi connectivity index (χ2n) is 7.54. The van der Waals surface area contributed by atoms with Gasteiger partial charge >= 0.3 is 5.69 Å². The lowest BCUT2D eigenvalue weighted by molar-refractivity contribution is 0.653. The van der Waals surface area contributed by atoms with E-state index in [0.29, 0.717) is 0 Å². The van der Waals surface area contributed by atoms with E-state index in [9.17, 15) is 4.79 Å². The van der Waals surface area contributed by atoms with Gasteiger partial charge in [-0.25, -0.2) is 9.78 Å². The zero-order valence-electron chi connectivity index (χ0n) is 17.9. The van der Waals surface area contributed by atoms with E-state index in [1.165, 1.54) is 0 Å². The van der Waals surface area contributed by atoms with Gasteiger partial charge < -0.3 is 5.32 Å². The number of hydrogen-bond donors (Lipinski definition) is 1. The van der Waals surface area contributed by atoms with Crippen LogP contribution in [0, 0.1) is 6.92 Å². The summed E-state index contributed by atoms with van der Waals surface area (Å²) in [5.41, 5.74) is 5.93. The summed E-state index contributed by atoms with van der Waals surface area (Å²) in [7, 11) is 3.62. The molecule has 5 rings (SSSR count). The molecule has 1 N–H and O–H groups in total. The van der Waals surface area contributed by atoms with Crippen LogP contribution in [-0.2, 0) is 13.6 Å². The molecule has 156 valence electrons. The van der Waals surface area contributed by atoms with E-state index in [0.717, 1.165) is 56.8 Å². The van der Waals surface area contributed by atoms with Crippen LogP contribution in [-0.4, -0.2) is 35.9 Å². The first-order chi connectivity index (χ1) is 15.0. The first-order valence-electron chi connectivity index (χ1n) is 10.2. The summed E-state index contributed by atoms with van der Waals surface area (Å²) in [6.45, 7) is 4.69. The Labute approximate surface area is 178 Å². The van der Waals surface area contributed by atoms with Gasteiger partial charge in [0.2, 0.25) is 0 Å². The second kappa shape index (κ2) is 7.09. The normalized spacial score (nSPS) is 11.5. The largest absolute Gasteiger partial charge is 0.373 e. The third kappa shape index (κ3) is 2.91. The summed E-state index contributed by atoms with van der Waals surface area (Å²) in [5, 5.41) is 8.49. The molecular weight excluding hydrogens is 390 g/mol. The van der Waals surface area contributed by atoms with Gasteiger partial charge in [0, 0.05) is 44.0 Å². The van der Waals surface area contributed by atoms with E-state index in [-0.39, 0.29) is 5.69 Å². The number of benzene rings is 1. The Kier molecular flexibility index (Phi) is 4.35. The molecule has 0 aliphatic heterocycles. The Balaban J connectivity index is 1.83. The number of anilines is 1. The van der Waals surface area contributed by atoms with Gasteiger partial charge in [0.05, 0.1) is 34.1 Å². The average molecular weight is 413 g/mol.